The van der Waals surface area contributed by atoms with E-state index in [-0.39, 0.29) is 5.41 Å². The standard InChI is InChI=1S/C60H44N2/c1-4-15-40(16-5-1)42-25-29-46(30-26-42)61-56-23-10-8-21-49(56)52-36-44(28-32-58(52)61)45-27-31-48-51-39-59-53(38-55(51)60(54(48)37-45)33-12-3-13-34-60)50-22-9-11-24-57(50)62(59)47-20-14-19-43(35-47)41-17-6-2-7-18-41/h1-2,4-11,14-32,35-39H,3,12-13,33-34H2. The van der Waals surface area contributed by atoms with E-state index >= 15 is 0 Å². The topological polar surface area (TPSA) is 9.86 Å². The largest absolute Gasteiger partial charge is 0.309 e. The van der Waals surface area contributed by atoms with E-state index in [0.717, 1.165) is 0 Å². The predicted octanol–water partition coefficient (Wildman–Crippen LogP) is 16.1. The van der Waals surface area contributed by atoms with E-state index in [2.05, 4.69) is 215 Å². The Morgan fingerprint density at radius 2 is 0.806 bits per heavy atom. The van der Waals surface area contributed by atoms with Gasteiger partial charge in [0.05, 0.1) is 22.1 Å². The second kappa shape index (κ2) is 13.8. The summed E-state index contributed by atoms with van der Waals surface area (Å²) < 4.78 is 4.93. The molecule has 2 nitrogen and oxygen atoms in total. The van der Waals surface area contributed by atoms with Gasteiger partial charge >= 0.3 is 0 Å². The van der Waals surface area contributed by atoms with Crippen LogP contribution in [0.3, 0.4) is 0 Å². The van der Waals surface area contributed by atoms with Crippen LogP contribution in [-0.4, -0.2) is 9.13 Å². The molecule has 0 amide bonds. The summed E-state index contributed by atoms with van der Waals surface area (Å²) in [6.07, 6.45) is 6.20. The summed E-state index contributed by atoms with van der Waals surface area (Å²) in [7, 11) is 0. The van der Waals surface area contributed by atoms with Gasteiger partial charge in [0, 0.05) is 38.3 Å². The van der Waals surface area contributed by atoms with Crippen LogP contribution in [0.25, 0.3) is 99.5 Å². The van der Waals surface area contributed by atoms with Crippen LogP contribution < -0.4 is 0 Å². The van der Waals surface area contributed by atoms with Gasteiger partial charge in [-0.25, -0.2) is 0 Å². The lowest BCUT2D eigenvalue weighted by molar-refractivity contribution is 0.353. The fourth-order valence-corrected chi connectivity index (χ4v) is 11.4. The van der Waals surface area contributed by atoms with Crippen molar-refractivity contribution in [2.45, 2.75) is 37.5 Å². The summed E-state index contributed by atoms with van der Waals surface area (Å²) in [5, 5.41) is 5.23. The van der Waals surface area contributed by atoms with E-state index in [1.807, 2.05) is 0 Å². The van der Waals surface area contributed by atoms with E-state index < -0.39 is 0 Å². The molecule has 2 aromatic heterocycles. The summed E-state index contributed by atoms with van der Waals surface area (Å²) >= 11 is 0. The van der Waals surface area contributed by atoms with Crippen LogP contribution in [0.1, 0.15) is 43.2 Å². The number of benzene rings is 9. The van der Waals surface area contributed by atoms with Crippen LogP contribution >= 0.6 is 0 Å². The molecule has 2 aliphatic rings. The minimum absolute atomic E-state index is 0.00951. The Labute approximate surface area is 362 Å². The van der Waals surface area contributed by atoms with Gasteiger partial charge in [-0.15, -0.1) is 0 Å². The lowest BCUT2D eigenvalue weighted by atomic mass is 9.67. The zero-order valence-corrected chi connectivity index (χ0v) is 34.6. The molecule has 0 atom stereocenters. The minimum atomic E-state index is 0.00951. The van der Waals surface area contributed by atoms with Crippen LogP contribution in [0.5, 0.6) is 0 Å². The molecular formula is C60H44N2. The van der Waals surface area contributed by atoms with Crippen molar-refractivity contribution in [1.29, 1.82) is 0 Å². The summed E-state index contributed by atoms with van der Waals surface area (Å²) in [4.78, 5) is 0. The number of hydrogen-bond donors (Lipinski definition) is 0. The second-order valence-electron chi connectivity index (χ2n) is 17.6. The van der Waals surface area contributed by atoms with Crippen molar-refractivity contribution in [3.05, 3.63) is 217 Å². The molecule has 2 heteroatoms. The highest BCUT2D eigenvalue weighted by Crippen LogP contribution is 2.58. The van der Waals surface area contributed by atoms with Gasteiger partial charge in [-0.1, -0.05) is 159 Å². The Morgan fingerprint density at radius 3 is 1.53 bits per heavy atom. The van der Waals surface area contributed by atoms with E-state index in [0.29, 0.717) is 0 Å². The molecule has 2 heterocycles. The first kappa shape index (κ1) is 35.3. The smallest absolute Gasteiger partial charge is 0.0547 e. The maximum Gasteiger partial charge on any atom is 0.0547 e. The van der Waals surface area contributed by atoms with Crippen LogP contribution in [0.2, 0.25) is 0 Å². The van der Waals surface area contributed by atoms with Crippen LogP contribution in [-0.2, 0) is 5.41 Å². The SMILES string of the molecule is c1ccc(-c2ccc(-n3c4ccccc4c4cc(-c5ccc6c(c5)C5(CCCCC5)c5cc7c8ccccc8n(-c8cccc(-c9ccccc9)c8)c7cc5-6)ccc43)cc2)cc1. The third kappa shape index (κ3) is 5.29. The van der Waals surface area contributed by atoms with Crippen molar-refractivity contribution in [3.8, 4) is 55.9 Å². The Balaban J connectivity index is 0.956. The van der Waals surface area contributed by atoms with E-state index in [1.54, 1.807) is 0 Å². The van der Waals surface area contributed by atoms with Gasteiger partial charge in [-0.2, -0.15) is 0 Å². The molecular weight excluding hydrogens is 749 g/mol. The number of aromatic nitrogens is 2. The van der Waals surface area contributed by atoms with Crippen molar-refractivity contribution in [3.63, 3.8) is 0 Å². The van der Waals surface area contributed by atoms with Gasteiger partial charge in [-0.3, -0.25) is 0 Å². The van der Waals surface area contributed by atoms with Gasteiger partial charge in [0.15, 0.2) is 0 Å². The Bertz CT molecular complexity index is 3530. The Kier molecular flexibility index (Phi) is 7.87. The fraction of sp³-hybridized carbons (Fsp3) is 0.100. The molecule has 2 aliphatic carbocycles. The number of nitrogens with zero attached hydrogens (tertiary/aromatic N) is 2. The number of rotatable bonds is 5. The maximum absolute atomic E-state index is 2.60. The first-order valence-electron chi connectivity index (χ1n) is 22.3. The quantitative estimate of drug-likeness (QED) is 0.164. The highest BCUT2D eigenvalue weighted by Gasteiger charge is 2.44. The van der Waals surface area contributed by atoms with Crippen molar-refractivity contribution >= 4 is 43.6 Å². The lowest BCUT2D eigenvalue weighted by Crippen LogP contribution is -2.28. The first-order chi connectivity index (χ1) is 30.7. The van der Waals surface area contributed by atoms with Gasteiger partial charge in [0.2, 0.25) is 0 Å². The molecule has 0 radical (unpaired) electrons. The molecule has 0 bridgehead atoms. The molecule has 11 aromatic rings. The summed E-state index contributed by atoms with van der Waals surface area (Å²) in [5.74, 6) is 0. The number of para-hydroxylation sites is 2. The summed E-state index contributed by atoms with van der Waals surface area (Å²) in [5.41, 5.74) is 20.7. The average molecular weight is 793 g/mol. The molecule has 294 valence electrons. The molecule has 1 fully saturated rings. The van der Waals surface area contributed by atoms with Crippen molar-refractivity contribution in [2.75, 3.05) is 0 Å². The molecule has 62 heavy (non-hydrogen) atoms. The van der Waals surface area contributed by atoms with Gasteiger partial charge < -0.3 is 9.13 Å². The highest BCUT2D eigenvalue weighted by atomic mass is 15.0. The monoisotopic (exact) mass is 792 g/mol. The molecule has 1 spiro atoms. The minimum Gasteiger partial charge on any atom is -0.309 e. The second-order valence-corrected chi connectivity index (χ2v) is 17.6. The van der Waals surface area contributed by atoms with E-state index in [1.165, 1.54) is 143 Å². The fourth-order valence-electron chi connectivity index (χ4n) is 11.4. The van der Waals surface area contributed by atoms with Crippen LogP contribution in [0, 0.1) is 0 Å². The predicted molar refractivity (Wildman–Crippen MR) is 261 cm³/mol. The van der Waals surface area contributed by atoms with E-state index in [9.17, 15) is 0 Å². The van der Waals surface area contributed by atoms with Crippen molar-refractivity contribution in [2.24, 2.45) is 0 Å². The molecule has 1 saturated carbocycles. The zero-order chi connectivity index (χ0) is 40.8. The molecule has 0 N–H and O–H groups in total. The molecule has 9 aromatic carbocycles. The van der Waals surface area contributed by atoms with Gasteiger partial charge in [0.1, 0.15) is 0 Å². The molecule has 0 saturated heterocycles. The maximum atomic E-state index is 2.60. The summed E-state index contributed by atoms with van der Waals surface area (Å²) in [6.45, 7) is 0. The number of hydrogen-bond acceptors (Lipinski definition) is 0. The molecule has 13 rings (SSSR count). The van der Waals surface area contributed by atoms with Gasteiger partial charge in [0.25, 0.3) is 0 Å². The van der Waals surface area contributed by atoms with Crippen molar-refractivity contribution in [1.82, 2.24) is 9.13 Å². The van der Waals surface area contributed by atoms with Crippen molar-refractivity contribution < 1.29 is 0 Å². The van der Waals surface area contributed by atoms with E-state index in [4.69, 9.17) is 0 Å². The first-order valence-corrected chi connectivity index (χ1v) is 22.3. The Morgan fingerprint density at radius 1 is 0.290 bits per heavy atom. The molecule has 0 aliphatic heterocycles. The number of fused-ring (bicyclic) bond motifs is 11. The summed E-state index contributed by atoms with van der Waals surface area (Å²) in [6, 6.07) is 77.0. The molecule has 0 unspecified atom stereocenters. The third-order valence-corrected chi connectivity index (χ3v) is 14.3. The van der Waals surface area contributed by atoms with Gasteiger partial charge in [-0.05, 0) is 135 Å². The van der Waals surface area contributed by atoms with Crippen LogP contribution in [0.15, 0.2) is 206 Å². The van der Waals surface area contributed by atoms with Crippen LogP contribution in [0.4, 0.5) is 0 Å². The average Bonchev–Trinajstić information content (AvgIpc) is 3.94. The Hall–Kier alpha value is -7.42. The third-order valence-electron chi connectivity index (χ3n) is 14.3. The lowest BCUT2D eigenvalue weighted by Gasteiger charge is -2.36. The highest BCUT2D eigenvalue weighted by molar-refractivity contribution is 6.12. The normalized spacial score (nSPS) is 14.3. The zero-order valence-electron chi connectivity index (χ0n) is 34.6.